The molecule has 1 heterocycles. The van der Waals surface area contributed by atoms with Crippen molar-refractivity contribution in [3.8, 4) is 0 Å². The molecule has 0 radical (unpaired) electrons. The summed E-state index contributed by atoms with van der Waals surface area (Å²) in [6.07, 6.45) is 3.37. The van der Waals surface area contributed by atoms with Crippen LogP contribution in [0, 0.1) is 5.92 Å². The van der Waals surface area contributed by atoms with Crippen LogP contribution >= 0.6 is 0 Å². The van der Waals surface area contributed by atoms with Gasteiger partial charge in [0.1, 0.15) is 5.69 Å². The van der Waals surface area contributed by atoms with E-state index < -0.39 is 6.10 Å². The van der Waals surface area contributed by atoms with Crippen molar-refractivity contribution < 1.29 is 9.90 Å². The standard InChI is InChI=1S/C14H21N3O3/c1-2-3-8-17-13(19)7-6-11(16-17)14(20)15-9-12(18)10-4-5-10/h6-7,10,12,18H,2-5,8-9H2,1H3,(H,15,20). The highest BCUT2D eigenvalue weighted by molar-refractivity contribution is 5.91. The molecule has 20 heavy (non-hydrogen) atoms. The first-order chi connectivity index (χ1) is 9.61. The number of hydrogen-bond donors (Lipinski definition) is 2. The van der Waals surface area contributed by atoms with Gasteiger partial charge in [0, 0.05) is 19.2 Å². The van der Waals surface area contributed by atoms with Crippen molar-refractivity contribution in [3.05, 3.63) is 28.2 Å². The van der Waals surface area contributed by atoms with Crippen LogP contribution in [0.4, 0.5) is 0 Å². The molecule has 0 aromatic carbocycles. The highest BCUT2D eigenvalue weighted by atomic mass is 16.3. The van der Waals surface area contributed by atoms with Crippen molar-refractivity contribution in [2.24, 2.45) is 5.92 Å². The van der Waals surface area contributed by atoms with Crippen molar-refractivity contribution in [2.75, 3.05) is 6.54 Å². The van der Waals surface area contributed by atoms with Crippen molar-refractivity contribution in [1.82, 2.24) is 15.1 Å². The minimum atomic E-state index is -0.482. The summed E-state index contributed by atoms with van der Waals surface area (Å²) in [4.78, 5) is 23.5. The Morgan fingerprint density at radius 1 is 1.55 bits per heavy atom. The summed E-state index contributed by atoms with van der Waals surface area (Å²) in [7, 11) is 0. The van der Waals surface area contributed by atoms with Crippen LogP contribution in [0.5, 0.6) is 0 Å². The molecule has 1 aromatic heterocycles. The predicted molar refractivity (Wildman–Crippen MR) is 74.5 cm³/mol. The van der Waals surface area contributed by atoms with Crippen LogP contribution in [0.25, 0.3) is 0 Å². The summed E-state index contributed by atoms with van der Waals surface area (Å²) in [5.74, 6) is -0.0308. The van der Waals surface area contributed by atoms with Crippen molar-refractivity contribution >= 4 is 5.91 Å². The molecule has 1 aromatic rings. The molecule has 1 aliphatic carbocycles. The average molecular weight is 279 g/mol. The number of nitrogens with zero attached hydrogens (tertiary/aromatic N) is 2. The molecule has 0 aliphatic heterocycles. The molecule has 1 atom stereocenters. The third-order valence-corrected chi connectivity index (χ3v) is 3.46. The van der Waals surface area contributed by atoms with Gasteiger partial charge in [-0.3, -0.25) is 9.59 Å². The second-order valence-corrected chi connectivity index (χ2v) is 5.25. The van der Waals surface area contributed by atoms with Crippen LogP contribution in [-0.4, -0.2) is 33.4 Å². The van der Waals surface area contributed by atoms with E-state index in [1.54, 1.807) is 0 Å². The Kier molecular flexibility index (Phi) is 4.89. The van der Waals surface area contributed by atoms with Crippen LogP contribution in [0.15, 0.2) is 16.9 Å². The Morgan fingerprint density at radius 2 is 2.30 bits per heavy atom. The molecule has 1 saturated carbocycles. The van der Waals surface area contributed by atoms with E-state index >= 15 is 0 Å². The lowest BCUT2D eigenvalue weighted by Crippen LogP contribution is -2.35. The molecule has 1 aliphatic rings. The zero-order chi connectivity index (χ0) is 14.5. The second kappa shape index (κ2) is 6.65. The van der Waals surface area contributed by atoms with Crippen molar-refractivity contribution in [1.29, 1.82) is 0 Å². The summed E-state index contributed by atoms with van der Waals surface area (Å²) >= 11 is 0. The quantitative estimate of drug-likeness (QED) is 0.763. The lowest BCUT2D eigenvalue weighted by Gasteiger charge is -2.11. The Bertz CT molecular complexity index is 523. The van der Waals surface area contributed by atoms with Crippen LogP contribution in [0.3, 0.4) is 0 Å². The Balaban J connectivity index is 1.96. The number of rotatable bonds is 7. The number of hydrogen-bond acceptors (Lipinski definition) is 4. The maximum Gasteiger partial charge on any atom is 0.271 e. The van der Waals surface area contributed by atoms with E-state index in [9.17, 15) is 14.7 Å². The van der Waals surface area contributed by atoms with E-state index in [0.717, 1.165) is 25.7 Å². The van der Waals surface area contributed by atoms with E-state index in [-0.39, 0.29) is 23.7 Å². The van der Waals surface area contributed by atoms with E-state index in [4.69, 9.17) is 0 Å². The fraction of sp³-hybridized carbons (Fsp3) is 0.643. The molecule has 110 valence electrons. The lowest BCUT2D eigenvalue weighted by molar-refractivity contribution is 0.0894. The number of aromatic nitrogens is 2. The van der Waals surface area contributed by atoms with Crippen LogP contribution in [-0.2, 0) is 6.54 Å². The number of carbonyl (C=O) groups is 1. The number of carbonyl (C=O) groups excluding carboxylic acids is 1. The first-order valence-electron chi connectivity index (χ1n) is 7.16. The van der Waals surface area contributed by atoms with Crippen LogP contribution in [0.2, 0.25) is 0 Å². The molecule has 6 heteroatoms. The number of aryl methyl sites for hydroxylation is 1. The van der Waals surface area contributed by atoms with E-state index in [1.807, 2.05) is 6.92 Å². The molecule has 0 spiro atoms. The van der Waals surface area contributed by atoms with Crippen LogP contribution < -0.4 is 10.9 Å². The zero-order valence-corrected chi connectivity index (χ0v) is 11.7. The van der Waals surface area contributed by atoms with Gasteiger partial charge in [0.05, 0.1) is 6.10 Å². The van der Waals surface area contributed by atoms with Gasteiger partial charge in [-0.25, -0.2) is 4.68 Å². The van der Waals surface area contributed by atoms with E-state index in [0.29, 0.717) is 12.5 Å². The average Bonchev–Trinajstić information content (AvgIpc) is 3.28. The largest absolute Gasteiger partial charge is 0.391 e. The highest BCUT2D eigenvalue weighted by Gasteiger charge is 2.29. The first kappa shape index (κ1) is 14.7. The van der Waals surface area contributed by atoms with Gasteiger partial charge in [-0.1, -0.05) is 13.3 Å². The summed E-state index contributed by atoms with van der Waals surface area (Å²) in [6.45, 7) is 2.78. The summed E-state index contributed by atoms with van der Waals surface area (Å²) < 4.78 is 1.32. The number of amides is 1. The summed E-state index contributed by atoms with van der Waals surface area (Å²) in [6, 6.07) is 2.78. The molecule has 1 unspecified atom stereocenters. The number of nitrogens with one attached hydrogen (secondary N) is 1. The molecule has 2 N–H and O–H groups in total. The maximum atomic E-state index is 11.9. The third kappa shape index (κ3) is 3.90. The summed E-state index contributed by atoms with van der Waals surface area (Å²) in [5, 5.41) is 16.4. The van der Waals surface area contributed by atoms with E-state index in [2.05, 4.69) is 10.4 Å². The SMILES string of the molecule is CCCCn1nc(C(=O)NCC(O)C2CC2)ccc1=O. The van der Waals surface area contributed by atoms with Gasteiger partial charge in [0.25, 0.3) is 11.5 Å². The van der Waals surface area contributed by atoms with Gasteiger partial charge in [0.2, 0.25) is 0 Å². The highest BCUT2D eigenvalue weighted by Crippen LogP contribution is 2.32. The fourth-order valence-corrected chi connectivity index (χ4v) is 1.97. The fourth-order valence-electron chi connectivity index (χ4n) is 1.97. The minimum Gasteiger partial charge on any atom is -0.391 e. The molecule has 2 rings (SSSR count). The molecule has 1 fully saturated rings. The first-order valence-corrected chi connectivity index (χ1v) is 7.16. The number of unbranched alkanes of at least 4 members (excludes halogenated alkanes) is 1. The zero-order valence-electron chi connectivity index (χ0n) is 11.7. The van der Waals surface area contributed by atoms with Crippen LogP contribution in [0.1, 0.15) is 43.1 Å². The van der Waals surface area contributed by atoms with Gasteiger partial charge >= 0.3 is 0 Å². The minimum absolute atomic E-state index is 0.201. The van der Waals surface area contributed by atoms with Crippen molar-refractivity contribution in [3.63, 3.8) is 0 Å². The Labute approximate surface area is 117 Å². The normalized spacial score (nSPS) is 15.9. The Morgan fingerprint density at radius 3 is 2.95 bits per heavy atom. The molecular weight excluding hydrogens is 258 g/mol. The predicted octanol–water partition coefficient (Wildman–Crippen LogP) is 0.544. The van der Waals surface area contributed by atoms with Crippen molar-refractivity contribution in [2.45, 2.75) is 45.3 Å². The van der Waals surface area contributed by atoms with Gasteiger partial charge in [0.15, 0.2) is 0 Å². The topological polar surface area (TPSA) is 84.2 Å². The monoisotopic (exact) mass is 279 g/mol. The summed E-state index contributed by atoms with van der Waals surface area (Å²) in [5.41, 5.74) is 0.0108. The molecular formula is C14H21N3O3. The molecule has 0 bridgehead atoms. The van der Waals surface area contributed by atoms with Gasteiger partial charge in [-0.05, 0) is 31.2 Å². The number of aliphatic hydroxyl groups is 1. The third-order valence-electron chi connectivity index (χ3n) is 3.46. The molecule has 0 saturated heterocycles. The lowest BCUT2D eigenvalue weighted by atomic mass is 10.2. The van der Waals surface area contributed by atoms with Gasteiger partial charge in [-0.2, -0.15) is 5.10 Å². The number of aliphatic hydroxyl groups excluding tert-OH is 1. The van der Waals surface area contributed by atoms with E-state index in [1.165, 1.54) is 16.8 Å². The smallest absolute Gasteiger partial charge is 0.271 e. The van der Waals surface area contributed by atoms with Gasteiger partial charge in [-0.15, -0.1) is 0 Å². The van der Waals surface area contributed by atoms with Gasteiger partial charge < -0.3 is 10.4 Å². The maximum absolute atomic E-state index is 11.9. The molecule has 1 amide bonds. The second-order valence-electron chi connectivity index (χ2n) is 5.25. The Hall–Kier alpha value is -1.69. The molecule has 6 nitrogen and oxygen atoms in total.